The van der Waals surface area contributed by atoms with E-state index < -0.39 is 21.4 Å². The molecule has 10 nitrogen and oxygen atoms in total. The molecule has 3 aliphatic rings. The summed E-state index contributed by atoms with van der Waals surface area (Å²) in [5.74, 6) is -1.02. The van der Waals surface area contributed by atoms with E-state index in [1.807, 2.05) is 0 Å². The van der Waals surface area contributed by atoms with Crippen LogP contribution in [0.2, 0.25) is 0 Å². The lowest BCUT2D eigenvalue weighted by Gasteiger charge is -2.52. The van der Waals surface area contributed by atoms with Crippen molar-refractivity contribution in [2.75, 3.05) is 32.6 Å². The number of thiophene rings is 1. The van der Waals surface area contributed by atoms with Gasteiger partial charge in [0.05, 0.1) is 35.5 Å². The van der Waals surface area contributed by atoms with Gasteiger partial charge in [0.25, 0.3) is 0 Å². The van der Waals surface area contributed by atoms with E-state index in [0.29, 0.717) is 42.1 Å². The Morgan fingerprint density at radius 1 is 1.21 bits per heavy atom. The highest BCUT2D eigenvalue weighted by atomic mass is 32.2. The molecule has 2 saturated heterocycles. The molecular formula is C25H27FN4O6S2. The van der Waals surface area contributed by atoms with E-state index in [-0.39, 0.29) is 40.4 Å². The van der Waals surface area contributed by atoms with Crippen LogP contribution in [-0.4, -0.2) is 73.8 Å². The van der Waals surface area contributed by atoms with E-state index >= 15 is 0 Å². The fourth-order valence-electron chi connectivity index (χ4n) is 5.17. The second kappa shape index (κ2) is 9.40. The first kappa shape index (κ1) is 25.4. The Labute approximate surface area is 222 Å². The van der Waals surface area contributed by atoms with Gasteiger partial charge in [-0.3, -0.25) is 5.73 Å². The zero-order valence-corrected chi connectivity index (χ0v) is 22.3. The minimum atomic E-state index is -3.54. The van der Waals surface area contributed by atoms with Crippen molar-refractivity contribution >= 4 is 37.5 Å². The smallest absolute Gasteiger partial charge is 0.410 e. The average Bonchev–Trinajstić information content (AvgIpc) is 3.25. The molecule has 2 aliphatic heterocycles. The van der Waals surface area contributed by atoms with Crippen LogP contribution in [-0.2, 0) is 19.3 Å². The lowest BCUT2D eigenvalue weighted by Crippen LogP contribution is -2.71. The van der Waals surface area contributed by atoms with Crippen molar-refractivity contribution in [3.8, 4) is 17.0 Å². The number of piperidine rings is 1. The van der Waals surface area contributed by atoms with Crippen molar-refractivity contribution in [3.05, 3.63) is 35.7 Å². The van der Waals surface area contributed by atoms with Gasteiger partial charge in [-0.2, -0.15) is 0 Å². The number of hydrogen-bond donors (Lipinski definition) is 1. The van der Waals surface area contributed by atoms with Gasteiger partial charge in [-0.1, -0.05) is 6.07 Å². The van der Waals surface area contributed by atoms with Crippen LogP contribution in [0.4, 0.5) is 9.18 Å². The molecular weight excluding hydrogens is 535 g/mol. The molecule has 1 aromatic carbocycles. The van der Waals surface area contributed by atoms with Gasteiger partial charge in [-0.15, -0.1) is 11.3 Å². The van der Waals surface area contributed by atoms with Crippen molar-refractivity contribution < 1.29 is 31.8 Å². The quantitative estimate of drug-likeness (QED) is 0.465. The van der Waals surface area contributed by atoms with Crippen LogP contribution in [0.1, 0.15) is 19.3 Å². The van der Waals surface area contributed by atoms with E-state index in [1.54, 1.807) is 10.3 Å². The summed E-state index contributed by atoms with van der Waals surface area (Å²) in [5.41, 5.74) is 6.93. The molecule has 2 N–H and O–H groups in total. The van der Waals surface area contributed by atoms with Crippen LogP contribution >= 0.6 is 11.3 Å². The summed E-state index contributed by atoms with van der Waals surface area (Å²) in [6.45, 7) is 1.31. The van der Waals surface area contributed by atoms with E-state index in [1.165, 1.54) is 29.8 Å². The summed E-state index contributed by atoms with van der Waals surface area (Å²) in [5, 5.41) is 1.73. The highest BCUT2D eigenvalue weighted by Crippen LogP contribution is 2.42. The van der Waals surface area contributed by atoms with Crippen LogP contribution < -0.4 is 10.5 Å². The number of amides is 1. The van der Waals surface area contributed by atoms with Crippen molar-refractivity contribution in [2.45, 2.75) is 36.0 Å². The molecule has 3 fully saturated rings. The Hall–Kier alpha value is -2.87. The Balaban J connectivity index is 1.28. The maximum atomic E-state index is 15.0. The van der Waals surface area contributed by atoms with Crippen LogP contribution in [0.3, 0.4) is 0 Å². The summed E-state index contributed by atoms with van der Waals surface area (Å²) in [4.78, 5) is 23.0. The van der Waals surface area contributed by atoms with E-state index in [4.69, 9.17) is 19.9 Å². The second-order valence-electron chi connectivity index (χ2n) is 10.1. The molecule has 6 rings (SSSR count). The van der Waals surface area contributed by atoms with Gasteiger partial charge < -0.3 is 19.1 Å². The van der Waals surface area contributed by atoms with Crippen LogP contribution in [0.25, 0.3) is 21.3 Å². The van der Waals surface area contributed by atoms with Crippen LogP contribution in [0.5, 0.6) is 5.88 Å². The van der Waals surface area contributed by atoms with Crippen molar-refractivity contribution in [3.63, 3.8) is 0 Å². The summed E-state index contributed by atoms with van der Waals surface area (Å²) < 4.78 is 56.9. The first-order valence-electron chi connectivity index (χ1n) is 12.4. The number of ether oxygens (including phenoxy) is 3. The minimum Gasteiger partial charge on any atom is -0.454 e. The van der Waals surface area contributed by atoms with E-state index in [9.17, 15) is 17.6 Å². The van der Waals surface area contributed by atoms with Gasteiger partial charge in [-0.05, 0) is 31.4 Å². The van der Waals surface area contributed by atoms with E-state index in [0.717, 1.165) is 31.6 Å². The van der Waals surface area contributed by atoms with Gasteiger partial charge in [0.15, 0.2) is 15.6 Å². The molecule has 1 aliphatic carbocycles. The topological polar surface area (TPSA) is 134 Å². The molecule has 38 heavy (non-hydrogen) atoms. The van der Waals surface area contributed by atoms with Crippen molar-refractivity contribution in [1.82, 2.24) is 14.9 Å². The Morgan fingerprint density at radius 3 is 2.58 bits per heavy atom. The lowest BCUT2D eigenvalue weighted by atomic mass is 9.79. The number of carbonyl (C=O) groups is 1. The molecule has 2 unspecified atom stereocenters. The SMILES string of the molecule is CS(=O)(=O)c1ccc(-c2csc3c(OC4(N)C5COCC4CN(C(=O)OC4CCC4)C5)ncnc23)c(F)c1. The third-order valence-electron chi connectivity index (χ3n) is 7.63. The summed E-state index contributed by atoms with van der Waals surface area (Å²) >= 11 is 1.28. The van der Waals surface area contributed by atoms with Crippen LogP contribution in [0, 0.1) is 17.7 Å². The number of nitrogens with two attached hydrogens (primary N) is 1. The number of benzene rings is 1. The fourth-order valence-corrected chi connectivity index (χ4v) is 6.75. The Kier molecular flexibility index (Phi) is 6.29. The number of sulfone groups is 1. The monoisotopic (exact) mass is 562 g/mol. The number of fused-ring (bicyclic) bond motifs is 3. The first-order chi connectivity index (χ1) is 18.1. The summed E-state index contributed by atoms with van der Waals surface area (Å²) in [6.07, 6.45) is 4.91. The Bertz CT molecular complexity index is 1490. The molecule has 1 saturated carbocycles. The third kappa shape index (κ3) is 4.40. The van der Waals surface area contributed by atoms with Gasteiger partial charge in [0, 0.05) is 35.9 Å². The zero-order valence-electron chi connectivity index (χ0n) is 20.6. The average molecular weight is 563 g/mol. The van der Waals surface area contributed by atoms with Crippen molar-refractivity contribution in [1.29, 1.82) is 0 Å². The predicted molar refractivity (Wildman–Crippen MR) is 137 cm³/mol. The zero-order chi connectivity index (χ0) is 26.7. The lowest BCUT2D eigenvalue weighted by molar-refractivity contribution is -0.172. The number of nitrogens with zero attached hydrogens (tertiary/aromatic N) is 3. The molecule has 0 spiro atoms. The highest BCUT2D eigenvalue weighted by molar-refractivity contribution is 7.90. The van der Waals surface area contributed by atoms with Crippen LogP contribution in [0.15, 0.2) is 34.8 Å². The number of halogens is 1. The van der Waals surface area contributed by atoms with Gasteiger partial charge >= 0.3 is 6.09 Å². The van der Waals surface area contributed by atoms with Gasteiger partial charge in [0.1, 0.15) is 22.9 Å². The van der Waals surface area contributed by atoms with Gasteiger partial charge in [0.2, 0.25) is 5.88 Å². The molecule has 1 amide bonds. The molecule has 4 heterocycles. The second-order valence-corrected chi connectivity index (χ2v) is 13.0. The van der Waals surface area contributed by atoms with Crippen molar-refractivity contribution in [2.24, 2.45) is 17.6 Å². The standard InChI is InChI=1S/C25H27FN4O6S2/c1-38(32,33)17-5-6-18(20(26)7-17)19-12-37-22-21(19)28-13-29-23(22)36-25(27)14-8-30(9-15(25)11-34-10-14)24(31)35-16-3-2-4-16/h5-7,12-16H,2-4,8-11,27H2,1H3. The van der Waals surface area contributed by atoms with E-state index in [2.05, 4.69) is 9.97 Å². The molecule has 2 bridgehead atoms. The number of aromatic nitrogens is 2. The maximum absolute atomic E-state index is 15.0. The predicted octanol–water partition coefficient (Wildman–Crippen LogP) is 3.20. The number of carbonyl (C=O) groups excluding carboxylic acids is 1. The Morgan fingerprint density at radius 2 is 1.95 bits per heavy atom. The minimum absolute atomic E-state index is 0.00542. The molecule has 13 heteroatoms. The largest absolute Gasteiger partial charge is 0.454 e. The molecule has 2 aromatic heterocycles. The number of rotatable bonds is 5. The molecule has 202 valence electrons. The first-order valence-corrected chi connectivity index (χ1v) is 15.1. The van der Waals surface area contributed by atoms with Gasteiger partial charge in [-0.25, -0.2) is 27.6 Å². The number of hydrogen-bond acceptors (Lipinski definition) is 10. The molecule has 3 aromatic rings. The molecule has 2 atom stereocenters. The molecule has 0 radical (unpaired) electrons. The fraction of sp³-hybridized carbons (Fsp3) is 0.480. The highest BCUT2D eigenvalue weighted by Gasteiger charge is 2.54. The number of likely N-dealkylation sites (tertiary alicyclic amines) is 1. The maximum Gasteiger partial charge on any atom is 0.410 e. The summed E-state index contributed by atoms with van der Waals surface area (Å²) in [7, 11) is -3.54. The third-order valence-corrected chi connectivity index (χ3v) is 9.69. The normalized spacial score (nSPS) is 25.7. The summed E-state index contributed by atoms with van der Waals surface area (Å²) in [6, 6.07) is 3.81.